The molecule has 0 radical (unpaired) electrons. The van der Waals surface area contributed by atoms with Crippen molar-refractivity contribution < 1.29 is 14.3 Å². The highest BCUT2D eigenvalue weighted by Crippen LogP contribution is 1.79. The fraction of sp³-hybridized carbons (Fsp3) is 0.714. The summed E-state index contributed by atoms with van der Waals surface area (Å²) < 4.78 is 4.68. The van der Waals surface area contributed by atoms with Crippen molar-refractivity contribution in [2.24, 2.45) is 0 Å². The van der Waals surface area contributed by atoms with Gasteiger partial charge in [-0.1, -0.05) is 0 Å². The summed E-state index contributed by atoms with van der Waals surface area (Å²) in [6.45, 7) is 0.401. The lowest BCUT2D eigenvalue weighted by Gasteiger charge is -2.02. The molecule has 0 saturated carbocycles. The van der Waals surface area contributed by atoms with Crippen LogP contribution < -0.4 is 10.6 Å². The molecule has 70 valence electrons. The van der Waals surface area contributed by atoms with Gasteiger partial charge in [-0.15, -0.1) is 0 Å². The number of likely N-dealkylation sites (N-methyl/N-ethyl adjacent to an activating group) is 1. The minimum Gasteiger partial charge on any atom is -0.384 e. The number of ether oxygens (including phenoxy) is 1. The lowest BCUT2D eigenvalue weighted by molar-refractivity contribution is -0.126. The zero-order valence-corrected chi connectivity index (χ0v) is 7.35. The molecule has 2 amide bonds. The van der Waals surface area contributed by atoms with Crippen LogP contribution in [0.1, 0.15) is 6.42 Å². The Morgan fingerprint density at radius 2 is 2.00 bits per heavy atom. The third-order valence-electron chi connectivity index (χ3n) is 1.26. The summed E-state index contributed by atoms with van der Waals surface area (Å²) in [7, 11) is 3.04. The van der Waals surface area contributed by atoms with Crippen LogP contribution in [0.2, 0.25) is 0 Å². The molecule has 0 fully saturated rings. The van der Waals surface area contributed by atoms with E-state index in [9.17, 15) is 9.59 Å². The van der Waals surface area contributed by atoms with Gasteiger partial charge in [-0.2, -0.15) is 0 Å². The van der Waals surface area contributed by atoms with Gasteiger partial charge >= 0.3 is 0 Å². The van der Waals surface area contributed by atoms with Crippen molar-refractivity contribution >= 4 is 11.8 Å². The predicted octanol–water partition coefficient (Wildman–Crippen LogP) is -1.11. The number of methoxy groups -OCH3 is 1. The lowest BCUT2D eigenvalue weighted by atomic mass is 10.4. The first-order valence-corrected chi connectivity index (χ1v) is 3.67. The van der Waals surface area contributed by atoms with E-state index >= 15 is 0 Å². The molecule has 5 heteroatoms. The second-order valence-electron chi connectivity index (χ2n) is 2.19. The quantitative estimate of drug-likeness (QED) is 0.555. The van der Waals surface area contributed by atoms with Gasteiger partial charge in [0.05, 0.1) is 13.2 Å². The first-order chi connectivity index (χ1) is 5.70. The molecule has 0 aliphatic heterocycles. The highest BCUT2D eigenvalue weighted by Gasteiger charge is 2.02. The molecule has 0 bridgehead atoms. The number of hydrogen-bond acceptors (Lipinski definition) is 3. The molecular formula is C7H14N2O3. The number of amides is 2. The number of nitrogens with one attached hydrogen (secondary N) is 2. The Kier molecular flexibility index (Phi) is 6.00. The molecule has 5 nitrogen and oxygen atoms in total. The van der Waals surface area contributed by atoms with Crippen LogP contribution >= 0.6 is 0 Å². The lowest BCUT2D eigenvalue weighted by Crippen LogP contribution is -2.35. The van der Waals surface area contributed by atoms with Gasteiger partial charge in [0.15, 0.2) is 0 Å². The zero-order chi connectivity index (χ0) is 9.40. The summed E-state index contributed by atoms with van der Waals surface area (Å²) in [5, 5.41) is 4.83. The first kappa shape index (κ1) is 10.9. The second-order valence-corrected chi connectivity index (χ2v) is 2.19. The SMILES string of the molecule is CNC(=O)CNC(=O)CCOC. The molecule has 12 heavy (non-hydrogen) atoms. The number of carbonyl (C=O) groups is 2. The smallest absolute Gasteiger partial charge is 0.239 e. The van der Waals surface area contributed by atoms with E-state index in [1.54, 1.807) is 0 Å². The molecule has 0 heterocycles. The Morgan fingerprint density at radius 3 is 2.50 bits per heavy atom. The predicted molar refractivity (Wildman–Crippen MR) is 43.6 cm³/mol. The van der Waals surface area contributed by atoms with Gasteiger partial charge in [0, 0.05) is 20.6 Å². The van der Waals surface area contributed by atoms with E-state index in [0.717, 1.165) is 0 Å². The Balaban J connectivity index is 3.37. The van der Waals surface area contributed by atoms with Crippen molar-refractivity contribution in [1.82, 2.24) is 10.6 Å². The van der Waals surface area contributed by atoms with E-state index in [-0.39, 0.29) is 24.8 Å². The van der Waals surface area contributed by atoms with Crippen molar-refractivity contribution in [1.29, 1.82) is 0 Å². The van der Waals surface area contributed by atoms with E-state index in [2.05, 4.69) is 15.4 Å². The molecule has 0 atom stereocenters. The summed E-state index contributed by atoms with van der Waals surface area (Å²) in [5.41, 5.74) is 0. The van der Waals surface area contributed by atoms with Crippen LogP contribution in [-0.2, 0) is 14.3 Å². The molecular weight excluding hydrogens is 160 g/mol. The van der Waals surface area contributed by atoms with Gasteiger partial charge in [-0.25, -0.2) is 0 Å². The van der Waals surface area contributed by atoms with Crippen molar-refractivity contribution in [3.05, 3.63) is 0 Å². The second kappa shape index (κ2) is 6.60. The summed E-state index contributed by atoms with van der Waals surface area (Å²) in [6, 6.07) is 0. The van der Waals surface area contributed by atoms with Crippen LogP contribution in [0.3, 0.4) is 0 Å². The van der Waals surface area contributed by atoms with Gasteiger partial charge in [-0.3, -0.25) is 9.59 Å². The van der Waals surface area contributed by atoms with Crippen LogP contribution in [0.15, 0.2) is 0 Å². The third-order valence-corrected chi connectivity index (χ3v) is 1.26. The topological polar surface area (TPSA) is 67.4 Å². The van der Waals surface area contributed by atoms with Gasteiger partial charge in [0.1, 0.15) is 0 Å². The van der Waals surface area contributed by atoms with E-state index in [4.69, 9.17) is 0 Å². The van der Waals surface area contributed by atoms with E-state index in [1.807, 2.05) is 0 Å². The maximum absolute atomic E-state index is 10.9. The molecule has 0 rings (SSSR count). The summed E-state index contributed by atoms with van der Waals surface area (Å²) in [5.74, 6) is -0.388. The molecule has 0 aliphatic rings. The molecule has 0 aromatic heterocycles. The Bertz CT molecular complexity index is 159. The minimum absolute atomic E-state index is 0.0268. The highest BCUT2D eigenvalue weighted by atomic mass is 16.5. The molecule has 0 spiro atoms. The van der Waals surface area contributed by atoms with Gasteiger partial charge in [-0.05, 0) is 0 Å². The van der Waals surface area contributed by atoms with Crippen molar-refractivity contribution in [3.63, 3.8) is 0 Å². The molecule has 0 unspecified atom stereocenters. The van der Waals surface area contributed by atoms with E-state index < -0.39 is 0 Å². The van der Waals surface area contributed by atoms with E-state index in [0.29, 0.717) is 6.61 Å². The monoisotopic (exact) mass is 174 g/mol. The van der Waals surface area contributed by atoms with Gasteiger partial charge < -0.3 is 15.4 Å². The van der Waals surface area contributed by atoms with Crippen LogP contribution in [0.4, 0.5) is 0 Å². The van der Waals surface area contributed by atoms with Gasteiger partial charge in [0.25, 0.3) is 0 Å². The Labute approximate surface area is 71.5 Å². The van der Waals surface area contributed by atoms with Crippen LogP contribution in [0.5, 0.6) is 0 Å². The van der Waals surface area contributed by atoms with Crippen molar-refractivity contribution in [3.8, 4) is 0 Å². The number of rotatable bonds is 5. The Hall–Kier alpha value is -1.10. The summed E-state index contributed by atoms with van der Waals surface area (Å²) >= 11 is 0. The van der Waals surface area contributed by atoms with Crippen molar-refractivity contribution in [2.75, 3.05) is 27.3 Å². The third kappa shape index (κ3) is 5.67. The van der Waals surface area contributed by atoms with Gasteiger partial charge in [0.2, 0.25) is 11.8 Å². The molecule has 2 N–H and O–H groups in total. The Morgan fingerprint density at radius 1 is 1.33 bits per heavy atom. The summed E-state index contributed by atoms with van der Waals surface area (Å²) in [6.07, 6.45) is 0.285. The first-order valence-electron chi connectivity index (χ1n) is 3.67. The number of hydrogen-bond donors (Lipinski definition) is 2. The van der Waals surface area contributed by atoms with Crippen LogP contribution in [-0.4, -0.2) is 39.1 Å². The van der Waals surface area contributed by atoms with E-state index in [1.165, 1.54) is 14.2 Å². The number of carbonyl (C=O) groups excluding carboxylic acids is 2. The highest BCUT2D eigenvalue weighted by molar-refractivity contribution is 5.84. The fourth-order valence-corrected chi connectivity index (χ4v) is 0.550. The fourth-order valence-electron chi connectivity index (χ4n) is 0.550. The van der Waals surface area contributed by atoms with Crippen LogP contribution in [0, 0.1) is 0 Å². The average molecular weight is 174 g/mol. The molecule has 0 saturated heterocycles. The maximum atomic E-state index is 10.9. The summed E-state index contributed by atoms with van der Waals surface area (Å²) in [4.78, 5) is 21.5. The van der Waals surface area contributed by atoms with Crippen LogP contribution in [0.25, 0.3) is 0 Å². The zero-order valence-electron chi connectivity index (χ0n) is 7.35. The largest absolute Gasteiger partial charge is 0.384 e. The van der Waals surface area contributed by atoms with Crippen molar-refractivity contribution in [2.45, 2.75) is 6.42 Å². The average Bonchev–Trinajstić information content (AvgIpc) is 2.10. The normalized spacial score (nSPS) is 9.17. The molecule has 0 aromatic carbocycles. The molecule has 0 aliphatic carbocycles. The molecule has 0 aromatic rings. The maximum Gasteiger partial charge on any atom is 0.239 e. The minimum atomic E-state index is -0.208. The standard InChI is InChI=1S/C7H14N2O3/c1-8-7(11)5-9-6(10)3-4-12-2/h3-5H2,1-2H3,(H,8,11)(H,9,10).